The summed E-state index contributed by atoms with van der Waals surface area (Å²) in [6.45, 7) is 4.30. The third kappa shape index (κ3) is 5.79. The minimum Gasteiger partial charge on any atom is -0.494 e. The van der Waals surface area contributed by atoms with Crippen molar-refractivity contribution in [2.45, 2.75) is 32.6 Å². The minimum atomic E-state index is -0.323. The molecule has 1 aliphatic heterocycles. The standard InChI is InChI=1S/C23H27N3O3S/c1-2-3-16-29-18-12-10-17(11-13-18)21(27)25-23(30)24-20-9-5-4-8-19(20)22(28)26-14-6-7-15-26/h4-5,8-13H,2-3,6-7,14-16H2,1H3,(H2,24,25,27,30). The lowest BCUT2D eigenvalue weighted by molar-refractivity contribution is 0.0793. The monoisotopic (exact) mass is 425 g/mol. The number of thiocarbonyl (C=S) groups is 1. The Balaban J connectivity index is 1.59. The first-order valence-electron chi connectivity index (χ1n) is 10.3. The summed E-state index contributed by atoms with van der Waals surface area (Å²) in [5, 5.41) is 5.80. The number of amides is 2. The van der Waals surface area contributed by atoms with Crippen LogP contribution in [0, 0.1) is 0 Å². The van der Waals surface area contributed by atoms with Gasteiger partial charge in [-0.1, -0.05) is 25.5 Å². The Kier molecular flexibility index (Phi) is 7.79. The maximum Gasteiger partial charge on any atom is 0.257 e. The molecule has 6 nitrogen and oxygen atoms in total. The second-order valence-electron chi connectivity index (χ2n) is 7.18. The maximum absolute atomic E-state index is 12.8. The van der Waals surface area contributed by atoms with Crippen LogP contribution in [-0.2, 0) is 0 Å². The Bertz CT molecular complexity index is 893. The van der Waals surface area contributed by atoms with E-state index in [9.17, 15) is 9.59 Å². The Hall–Kier alpha value is -2.93. The van der Waals surface area contributed by atoms with E-state index in [-0.39, 0.29) is 16.9 Å². The number of hydrogen-bond acceptors (Lipinski definition) is 4. The first kappa shape index (κ1) is 21.8. The van der Waals surface area contributed by atoms with Gasteiger partial charge in [-0.25, -0.2) is 0 Å². The van der Waals surface area contributed by atoms with E-state index in [4.69, 9.17) is 17.0 Å². The quantitative estimate of drug-likeness (QED) is 0.513. The van der Waals surface area contributed by atoms with Gasteiger partial charge < -0.3 is 15.0 Å². The number of unbranched alkanes of at least 4 members (excludes halogenated alkanes) is 1. The van der Waals surface area contributed by atoms with Crippen molar-refractivity contribution in [1.29, 1.82) is 0 Å². The molecular weight excluding hydrogens is 398 g/mol. The molecular formula is C23H27N3O3S. The molecule has 30 heavy (non-hydrogen) atoms. The lowest BCUT2D eigenvalue weighted by Gasteiger charge is -2.18. The van der Waals surface area contributed by atoms with E-state index in [1.807, 2.05) is 17.0 Å². The third-order valence-electron chi connectivity index (χ3n) is 4.91. The van der Waals surface area contributed by atoms with Gasteiger partial charge in [0.2, 0.25) is 0 Å². The number of likely N-dealkylation sites (tertiary alicyclic amines) is 1. The molecule has 1 heterocycles. The van der Waals surface area contributed by atoms with Crippen molar-refractivity contribution in [1.82, 2.24) is 10.2 Å². The van der Waals surface area contributed by atoms with Crippen LogP contribution in [0.5, 0.6) is 5.75 Å². The second kappa shape index (κ2) is 10.7. The highest BCUT2D eigenvalue weighted by Crippen LogP contribution is 2.20. The zero-order valence-electron chi connectivity index (χ0n) is 17.1. The Morgan fingerprint density at radius 2 is 1.77 bits per heavy atom. The molecule has 0 bridgehead atoms. The van der Waals surface area contributed by atoms with Crippen molar-refractivity contribution in [3.63, 3.8) is 0 Å². The summed E-state index contributed by atoms with van der Waals surface area (Å²) < 4.78 is 5.61. The molecule has 0 aromatic heterocycles. The van der Waals surface area contributed by atoms with Gasteiger partial charge in [0.15, 0.2) is 5.11 Å². The number of carbonyl (C=O) groups is 2. The predicted molar refractivity (Wildman–Crippen MR) is 122 cm³/mol. The fourth-order valence-electron chi connectivity index (χ4n) is 3.23. The van der Waals surface area contributed by atoms with Crippen LogP contribution in [0.2, 0.25) is 0 Å². The van der Waals surface area contributed by atoms with E-state index >= 15 is 0 Å². The van der Waals surface area contributed by atoms with Crippen LogP contribution in [0.1, 0.15) is 53.3 Å². The molecule has 3 rings (SSSR count). The summed E-state index contributed by atoms with van der Waals surface area (Å²) in [6, 6.07) is 14.1. The van der Waals surface area contributed by atoms with Gasteiger partial charge in [-0.05, 0) is 67.9 Å². The van der Waals surface area contributed by atoms with Crippen molar-refractivity contribution in [3.05, 3.63) is 59.7 Å². The minimum absolute atomic E-state index is 0.0246. The summed E-state index contributed by atoms with van der Waals surface area (Å²) in [4.78, 5) is 27.1. The third-order valence-corrected chi connectivity index (χ3v) is 5.11. The van der Waals surface area contributed by atoms with Crippen LogP contribution in [0.4, 0.5) is 5.69 Å². The number of para-hydroxylation sites is 1. The van der Waals surface area contributed by atoms with E-state index in [0.717, 1.165) is 44.5 Å². The smallest absolute Gasteiger partial charge is 0.257 e. The van der Waals surface area contributed by atoms with Crippen LogP contribution < -0.4 is 15.4 Å². The molecule has 1 fully saturated rings. The first-order chi connectivity index (χ1) is 14.6. The van der Waals surface area contributed by atoms with Crippen molar-refractivity contribution in [3.8, 4) is 5.75 Å². The Morgan fingerprint density at radius 3 is 2.47 bits per heavy atom. The predicted octanol–water partition coefficient (Wildman–Crippen LogP) is 4.23. The van der Waals surface area contributed by atoms with Crippen molar-refractivity contribution in [2.75, 3.05) is 25.0 Å². The molecule has 2 aromatic rings. The molecule has 7 heteroatoms. The average molecular weight is 426 g/mol. The SMILES string of the molecule is CCCCOc1ccc(C(=O)NC(=S)Nc2ccccc2C(=O)N2CCCC2)cc1. The number of nitrogens with zero attached hydrogens (tertiary/aromatic N) is 1. The average Bonchev–Trinajstić information content (AvgIpc) is 3.29. The summed E-state index contributed by atoms with van der Waals surface area (Å²) in [5.74, 6) is 0.384. The fourth-order valence-corrected chi connectivity index (χ4v) is 3.44. The number of hydrogen-bond donors (Lipinski definition) is 2. The van der Waals surface area contributed by atoms with E-state index in [1.54, 1.807) is 36.4 Å². The largest absolute Gasteiger partial charge is 0.494 e. The fraction of sp³-hybridized carbons (Fsp3) is 0.348. The molecule has 0 spiro atoms. The van der Waals surface area contributed by atoms with Gasteiger partial charge in [-0.15, -0.1) is 0 Å². The number of benzene rings is 2. The van der Waals surface area contributed by atoms with Crippen LogP contribution in [0.15, 0.2) is 48.5 Å². The number of carbonyl (C=O) groups excluding carboxylic acids is 2. The van der Waals surface area contributed by atoms with E-state index in [1.165, 1.54) is 0 Å². The normalized spacial score (nSPS) is 13.0. The van der Waals surface area contributed by atoms with Crippen LogP contribution in [-0.4, -0.2) is 41.5 Å². The van der Waals surface area contributed by atoms with Crippen molar-refractivity contribution >= 4 is 34.8 Å². The number of rotatable bonds is 7. The van der Waals surface area contributed by atoms with Crippen LogP contribution in [0.3, 0.4) is 0 Å². The van der Waals surface area contributed by atoms with Gasteiger partial charge in [0.25, 0.3) is 11.8 Å². The van der Waals surface area contributed by atoms with Gasteiger partial charge in [0.1, 0.15) is 5.75 Å². The Morgan fingerprint density at radius 1 is 1.07 bits per heavy atom. The van der Waals surface area contributed by atoms with E-state index < -0.39 is 0 Å². The molecule has 1 aliphatic rings. The molecule has 0 atom stereocenters. The highest BCUT2D eigenvalue weighted by atomic mass is 32.1. The van der Waals surface area contributed by atoms with Gasteiger partial charge in [-0.2, -0.15) is 0 Å². The van der Waals surface area contributed by atoms with E-state index in [2.05, 4.69) is 17.6 Å². The van der Waals surface area contributed by atoms with Gasteiger partial charge in [0, 0.05) is 18.7 Å². The van der Waals surface area contributed by atoms with Crippen LogP contribution in [0.25, 0.3) is 0 Å². The summed E-state index contributed by atoms with van der Waals surface area (Å²) in [5.41, 5.74) is 1.60. The molecule has 2 amide bonds. The zero-order chi connectivity index (χ0) is 21.3. The van der Waals surface area contributed by atoms with E-state index in [0.29, 0.717) is 23.4 Å². The highest BCUT2D eigenvalue weighted by molar-refractivity contribution is 7.80. The first-order valence-corrected chi connectivity index (χ1v) is 10.7. The Labute approximate surface area is 182 Å². The zero-order valence-corrected chi connectivity index (χ0v) is 18.0. The molecule has 0 radical (unpaired) electrons. The van der Waals surface area contributed by atoms with Crippen molar-refractivity contribution in [2.24, 2.45) is 0 Å². The van der Waals surface area contributed by atoms with Crippen molar-refractivity contribution < 1.29 is 14.3 Å². The topological polar surface area (TPSA) is 70.7 Å². The second-order valence-corrected chi connectivity index (χ2v) is 7.59. The summed E-state index contributed by atoms with van der Waals surface area (Å²) >= 11 is 5.30. The highest BCUT2D eigenvalue weighted by Gasteiger charge is 2.22. The number of nitrogens with one attached hydrogen (secondary N) is 2. The molecule has 2 N–H and O–H groups in total. The van der Waals surface area contributed by atoms with Gasteiger partial charge >= 0.3 is 0 Å². The van der Waals surface area contributed by atoms with Gasteiger partial charge in [-0.3, -0.25) is 14.9 Å². The van der Waals surface area contributed by atoms with Gasteiger partial charge in [0.05, 0.1) is 17.9 Å². The lowest BCUT2D eigenvalue weighted by atomic mass is 10.1. The number of ether oxygens (including phenoxy) is 1. The number of anilines is 1. The molecule has 0 aliphatic carbocycles. The lowest BCUT2D eigenvalue weighted by Crippen LogP contribution is -2.35. The molecule has 158 valence electrons. The molecule has 0 unspecified atom stereocenters. The summed E-state index contributed by atoms with van der Waals surface area (Å²) in [7, 11) is 0. The van der Waals surface area contributed by atoms with Crippen LogP contribution >= 0.6 is 12.2 Å². The molecule has 1 saturated heterocycles. The summed E-state index contributed by atoms with van der Waals surface area (Å²) in [6.07, 6.45) is 4.11. The maximum atomic E-state index is 12.8. The molecule has 0 saturated carbocycles. The molecule has 2 aromatic carbocycles.